The van der Waals surface area contributed by atoms with Gasteiger partial charge in [-0.1, -0.05) is 29.8 Å². The summed E-state index contributed by atoms with van der Waals surface area (Å²) >= 11 is 6.07. The topological polar surface area (TPSA) is 75.7 Å². The number of carbonyl (C=O) groups is 1. The number of hydrogen-bond acceptors (Lipinski definition) is 4. The molecule has 1 N–H and O–H groups in total. The summed E-state index contributed by atoms with van der Waals surface area (Å²) in [6, 6.07) is 14.3. The van der Waals surface area contributed by atoms with Gasteiger partial charge in [0.15, 0.2) is 0 Å². The van der Waals surface area contributed by atoms with E-state index in [2.05, 4.69) is 5.32 Å². The fourth-order valence-electron chi connectivity index (χ4n) is 2.98. The summed E-state index contributed by atoms with van der Waals surface area (Å²) in [7, 11) is -4.46. The molecule has 0 aliphatic heterocycles. The van der Waals surface area contributed by atoms with Crippen LogP contribution >= 0.6 is 11.6 Å². The lowest BCUT2D eigenvalue weighted by Gasteiger charge is -2.25. The summed E-state index contributed by atoms with van der Waals surface area (Å²) < 4.78 is 85.2. The molecule has 0 saturated heterocycles. The Morgan fingerprint density at radius 1 is 1.00 bits per heavy atom. The number of nitrogens with one attached hydrogen (secondary N) is 1. The van der Waals surface area contributed by atoms with E-state index < -0.39 is 45.7 Å². The first-order valence-corrected chi connectivity index (χ1v) is 11.9. The number of carbonyl (C=O) groups excluding carboxylic acids is 1. The fourth-order valence-corrected chi connectivity index (χ4v) is 4.70. The third-order valence-electron chi connectivity index (χ3n) is 4.67. The molecule has 6 nitrogen and oxygen atoms in total. The van der Waals surface area contributed by atoms with E-state index in [1.165, 1.54) is 48.5 Å². The van der Waals surface area contributed by atoms with E-state index in [-0.39, 0.29) is 23.1 Å². The number of sulfonamides is 1. The Labute approximate surface area is 204 Å². The number of rotatable bonds is 9. The molecule has 0 fully saturated rings. The van der Waals surface area contributed by atoms with Gasteiger partial charge in [-0.3, -0.25) is 9.10 Å². The zero-order chi connectivity index (χ0) is 25.6. The zero-order valence-corrected chi connectivity index (χ0v) is 19.5. The van der Waals surface area contributed by atoms with Gasteiger partial charge in [-0.05, 0) is 54.6 Å². The van der Waals surface area contributed by atoms with Gasteiger partial charge < -0.3 is 10.1 Å². The molecule has 0 spiro atoms. The van der Waals surface area contributed by atoms with Crippen LogP contribution in [0, 0.1) is 5.82 Å². The van der Waals surface area contributed by atoms with Gasteiger partial charge in [0, 0.05) is 0 Å². The first kappa shape index (κ1) is 26.3. The molecular formula is C23H19ClF4N2O4S. The van der Waals surface area contributed by atoms with Crippen LogP contribution in [-0.2, 0) is 21.0 Å². The fraction of sp³-hybridized carbons (Fsp3) is 0.174. The first-order valence-electron chi connectivity index (χ1n) is 10.1. The molecule has 3 aromatic rings. The van der Waals surface area contributed by atoms with Gasteiger partial charge in [-0.15, -0.1) is 0 Å². The summed E-state index contributed by atoms with van der Waals surface area (Å²) in [5, 5.41) is 2.16. The maximum atomic E-state index is 13.3. The molecule has 0 radical (unpaired) electrons. The maximum Gasteiger partial charge on any atom is 0.416 e. The van der Waals surface area contributed by atoms with Crippen LogP contribution in [0.5, 0.6) is 5.75 Å². The van der Waals surface area contributed by atoms with Crippen LogP contribution in [0.3, 0.4) is 0 Å². The lowest BCUT2D eigenvalue weighted by Crippen LogP contribution is -2.42. The van der Waals surface area contributed by atoms with E-state index in [0.29, 0.717) is 22.2 Å². The molecule has 3 aromatic carbocycles. The minimum atomic E-state index is -4.76. The molecule has 0 aliphatic carbocycles. The number of halogens is 5. The highest BCUT2D eigenvalue weighted by molar-refractivity contribution is 7.92. The number of hydrogen-bond donors (Lipinski definition) is 1. The molecule has 0 heterocycles. The average Bonchev–Trinajstić information content (AvgIpc) is 2.82. The van der Waals surface area contributed by atoms with Crippen LogP contribution in [0.2, 0.25) is 5.02 Å². The molecule has 35 heavy (non-hydrogen) atoms. The SMILES string of the molecule is O=C(CN(c1cc(C(F)(F)F)ccc1Cl)S(=O)(=O)c1ccccc1)NCCOc1ccc(F)cc1. The highest BCUT2D eigenvalue weighted by Gasteiger charge is 2.34. The Morgan fingerprint density at radius 2 is 1.66 bits per heavy atom. The molecule has 12 heteroatoms. The molecule has 0 unspecified atom stereocenters. The highest BCUT2D eigenvalue weighted by Crippen LogP contribution is 2.37. The second-order valence-electron chi connectivity index (χ2n) is 7.14. The van der Waals surface area contributed by atoms with Crippen molar-refractivity contribution in [3.63, 3.8) is 0 Å². The van der Waals surface area contributed by atoms with Gasteiger partial charge in [-0.25, -0.2) is 12.8 Å². The van der Waals surface area contributed by atoms with E-state index >= 15 is 0 Å². The van der Waals surface area contributed by atoms with Crippen LogP contribution in [0.4, 0.5) is 23.2 Å². The van der Waals surface area contributed by atoms with Crippen molar-refractivity contribution < 1.29 is 35.5 Å². The van der Waals surface area contributed by atoms with Crippen LogP contribution < -0.4 is 14.4 Å². The number of ether oxygens (including phenoxy) is 1. The van der Waals surface area contributed by atoms with Crippen molar-refractivity contribution >= 4 is 33.2 Å². The molecule has 0 atom stereocenters. The number of amides is 1. The van der Waals surface area contributed by atoms with Crippen LogP contribution in [-0.4, -0.2) is 34.0 Å². The van der Waals surface area contributed by atoms with Crippen LogP contribution in [0.15, 0.2) is 77.7 Å². The van der Waals surface area contributed by atoms with E-state index in [9.17, 15) is 30.8 Å². The Balaban J connectivity index is 1.81. The maximum absolute atomic E-state index is 13.3. The van der Waals surface area contributed by atoms with Crippen molar-refractivity contribution in [2.75, 3.05) is 24.0 Å². The summed E-state index contributed by atoms with van der Waals surface area (Å²) in [4.78, 5) is 12.3. The third-order valence-corrected chi connectivity index (χ3v) is 6.76. The minimum absolute atomic E-state index is 0.0207. The van der Waals surface area contributed by atoms with Gasteiger partial charge in [0.2, 0.25) is 5.91 Å². The second-order valence-corrected chi connectivity index (χ2v) is 9.41. The van der Waals surface area contributed by atoms with Gasteiger partial charge >= 0.3 is 6.18 Å². The molecular weight excluding hydrogens is 512 g/mol. The molecule has 0 aliphatic rings. The largest absolute Gasteiger partial charge is 0.492 e. The monoisotopic (exact) mass is 530 g/mol. The van der Waals surface area contributed by atoms with Crippen LogP contribution in [0.1, 0.15) is 5.56 Å². The minimum Gasteiger partial charge on any atom is -0.492 e. The van der Waals surface area contributed by atoms with E-state index in [1.807, 2.05) is 0 Å². The second kappa shape index (κ2) is 11.0. The Hall–Kier alpha value is -3.31. The summed E-state index contributed by atoms with van der Waals surface area (Å²) in [6.07, 6.45) is -4.76. The lowest BCUT2D eigenvalue weighted by molar-refractivity contribution is -0.137. The van der Waals surface area contributed by atoms with E-state index in [1.54, 1.807) is 6.07 Å². The normalized spacial score (nSPS) is 11.7. The van der Waals surface area contributed by atoms with Crippen molar-refractivity contribution in [2.45, 2.75) is 11.1 Å². The van der Waals surface area contributed by atoms with Crippen molar-refractivity contribution in [3.8, 4) is 5.75 Å². The molecule has 186 valence electrons. The van der Waals surface area contributed by atoms with Crippen molar-refractivity contribution in [1.82, 2.24) is 5.32 Å². The quantitative estimate of drug-likeness (QED) is 0.316. The Kier molecular flexibility index (Phi) is 8.23. The van der Waals surface area contributed by atoms with Gasteiger partial charge in [0.05, 0.1) is 27.7 Å². The summed E-state index contributed by atoms with van der Waals surface area (Å²) in [5.74, 6) is -0.899. The molecule has 0 aromatic heterocycles. The van der Waals surface area contributed by atoms with Gasteiger partial charge in [-0.2, -0.15) is 13.2 Å². The first-order chi connectivity index (χ1) is 16.5. The lowest BCUT2D eigenvalue weighted by atomic mass is 10.2. The molecule has 0 bridgehead atoms. The Morgan fingerprint density at radius 3 is 2.29 bits per heavy atom. The number of benzene rings is 3. The average molecular weight is 531 g/mol. The summed E-state index contributed by atoms with van der Waals surface area (Å²) in [5.41, 5.74) is -1.62. The third kappa shape index (κ3) is 6.86. The predicted octanol–water partition coefficient (Wildman–Crippen LogP) is 4.89. The van der Waals surface area contributed by atoms with E-state index in [4.69, 9.17) is 16.3 Å². The zero-order valence-electron chi connectivity index (χ0n) is 17.9. The Bertz CT molecular complexity index is 1270. The standard InChI is InChI=1S/C23H19ClF4N2O4S/c24-20-11-6-16(23(26,27)28)14-21(20)30(35(32,33)19-4-2-1-3-5-19)15-22(31)29-12-13-34-18-9-7-17(25)8-10-18/h1-11,14H,12-13,15H2,(H,29,31). The molecule has 0 saturated carbocycles. The van der Waals surface area contributed by atoms with Gasteiger partial charge in [0.1, 0.15) is 24.7 Å². The number of anilines is 1. The van der Waals surface area contributed by atoms with Crippen molar-refractivity contribution in [2.24, 2.45) is 0 Å². The van der Waals surface area contributed by atoms with Crippen molar-refractivity contribution in [1.29, 1.82) is 0 Å². The highest BCUT2D eigenvalue weighted by atomic mass is 35.5. The molecule has 3 rings (SSSR count). The smallest absolute Gasteiger partial charge is 0.416 e. The molecule has 1 amide bonds. The van der Waals surface area contributed by atoms with Crippen LogP contribution in [0.25, 0.3) is 0 Å². The van der Waals surface area contributed by atoms with E-state index in [0.717, 1.165) is 6.07 Å². The summed E-state index contributed by atoms with van der Waals surface area (Å²) in [6.45, 7) is -0.909. The van der Waals surface area contributed by atoms with Crippen molar-refractivity contribution in [3.05, 3.63) is 89.2 Å². The number of nitrogens with zero attached hydrogens (tertiary/aromatic N) is 1. The predicted molar refractivity (Wildman–Crippen MR) is 122 cm³/mol. The number of alkyl halides is 3. The van der Waals surface area contributed by atoms with Gasteiger partial charge in [0.25, 0.3) is 10.0 Å².